The van der Waals surface area contributed by atoms with Crippen molar-refractivity contribution in [2.75, 3.05) is 19.7 Å². The number of halogens is 1. The van der Waals surface area contributed by atoms with Gasteiger partial charge in [0.05, 0.1) is 12.2 Å². The van der Waals surface area contributed by atoms with E-state index in [4.69, 9.17) is 10.00 Å². The highest BCUT2D eigenvalue weighted by molar-refractivity contribution is 5.36. The van der Waals surface area contributed by atoms with Crippen LogP contribution in [0.2, 0.25) is 0 Å². The molecule has 3 nitrogen and oxygen atoms in total. The molecule has 1 aliphatic rings. The lowest BCUT2D eigenvalue weighted by Gasteiger charge is -2.10. The van der Waals surface area contributed by atoms with Crippen LogP contribution in [0.4, 0.5) is 4.39 Å². The number of nitrogens with one attached hydrogen (secondary N) is 1. The number of hydrogen-bond acceptors (Lipinski definition) is 3. The van der Waals surface area contributed by atoms with Crippen LogP contribution in [0.25, 0.3) is 0 Å². The van der Waals surface area contributed by atoms with Crippen molar-refractivity contribution in [3.8, 4) is 11.8 Å². The lowest BCUT2D eigenvalue weighted by molar-refractivity contribution is 0.259. The molecule has 1 fully saturated rings. The molecule has 0 radical (unpaired) electrons. The number of nitriles is 1. The van der Waals surface area contributed by atoms with Gasteiger partial charge >= 0.3 is 0 Å². The summed E-state index contributed by atoms with van der Waals surface area (Å²) < 4.78 is 18.7. The first kappa shape index (κ1) is 10.9. The summed E-state index contributed by atoms with van der Waals surface area (Å²) in [5.41, 5.74) is 0.0508. The molecule has 1 aromatic rings. The van der Waals surface area contributed by atoms with Gasteiger partial charge in [0.25, 0.3) is 0 Å². The second-order valence-electron chi connectivity index (χ2n) is 3.92. The zero-order valence-electron chi connectivity index (χ0n) is 8.87. The molecule has 0 aromatic heterocycles. The summed E-state index contributed by atoms with van der Waals surface area (Å²) in [5, 5.41) is 11.8. The molecule has 0 saturated carbocycles. The average Bonchev–Trinajstić information content (AvgIpc) is 2.79. The third-order valence-electron chi connectivity index (χ3n) is 2.71. The Bertz CT molecular complexity index is 408. The van der Waals surface area contributed by atoms with Crippen LogP contribution in [-0.2, 0) is 0 Å². The van der Waals surface area contributed by atoms with E-state index in [1.807, 2.05) is 0 Å². The Labute approximate surface area is 93.8 Å². The van der Waals surface area contributed by atoms with E-state index in [1.54, 1.807) is 12.1 Å². The van der Waals surface area contributed by atoms with Crippen molar-refractivity contribution < 1.29 is 9.13 Å². The molecule has 16 heavy (non-hydrogen) atoms. The van der Waals surface area contributed by atoms with Gasteiger partial charge in [0.15, 0.2) is 0 Å². The van der Waals surface area contributed by atoms with E-state index in [-0.39, 0.29) is 5.56 Å². The highest BCUT2D eigenvalue weighted by atomic mass is 19.1. The number of hydrogen-bond donors (Lipinski definition) is 1. The van der Waals surface area contributed by atoms with Crippen molar-refractivity contribution in [3.63, 3.8) is 0 Å². The van der Waals surface area contributed by atoms with Crippen molar-refractivity contribution in [1.82, 2.24) is 5.32 Å². The lowest BCUT2D eigenvalue weighted by atomic mass is 10.1. The van der Waals surface area contributed by atoms with Crippen LogP contribution in [-0.4, -0.2) is 19.7 Å². The summed E-state index contributed by atoms with van der Waals surface area (Å²) in [6.07, 6.45) is 1.10. The fraction of sp³-hybridized carbons (Fsp3) is 0.417. The molecule has 0 aliphatic carbocycles. The van der Waals surface area contributed by atoms with Crippen LogP contribution in [0.5, 0.6) is 5.75 Å². The van der Waals surface area contributed by atoms with Gasteiger partial charge in [0.1, 0.15) is 17.6 Å². The molecule has 84 valence electrons. The SMILES string of the molecule is N#Cc1ccc(OCC2CCNC2)cc1F. The smallest absolute Gasteiger partial charge is 0.144 e. The van der Waals surface area contributed by atoms with Gasteiger partial charge in [-0.15, -0.1) is 0 Å². The first-order valence-corrected chi connectivity index (χ1v) is 5.33. The van der Waals surface area contributed by atoms with Crippen molar-refractivity contribution >= 4 is 0 Å². The lowest BCUT2D eigenvalue weighted by Crippen LogP contribution is -2.15. The van der Waals surface area contributed by atoms with E-state index in [1.165, 1.54) is 12.1 Å². The summed E-state index contributed by atoms with van der Waals surface area (Å²) in [7, 11) is 0. The number of ether oxygens (including phenoxy) is 1. The Balaban J connectivity index is 1.94. The second-order valence-corrected chi connectivity index (χ2v) is 3.92. The van der Waals surface area contributed by atoms with Crippen LogP contribution >= 0.6 is 0 Å². The van der Waals surface area contributed by atoms with E-state index in [0.29, 0.717) is 18.3 Å². The minimum Gasteiger partial charge on any atom is -0.493 e. The molecule has 1 N–H and O–H groups in total. The molecule has 0 amide bonds. The number of benzene rings is 1. The first-order valence-electron chi connectivity index (χ1n) is 5.33. The molecular formula is C12H13FN2O. The van der Waals surface area contributed by atoms with Gasteiger partial charge in [-0.1, -0.05) is 0 Å². The maximum Gasteiger partial charge on any atom is 0.144 e. The maximum atomic E-state index is 13.2. The van der Waals surface area contributed by atoms with Crippen LogP contribution in [0.1, 0.15) is 12.0 Å². The normalized spacial score (nSPS) is 19.4. The van der Waals surface area contributed by atoms with E-state index >= 15 is 0 Å². The van der Waals surface area contributed by atoms with Crippen molar-refractivity contribution in [2.45, 2.75) is 6.42 Å². The molecule has 1 saturated heterocycles. The van der Waals surface area contributed by atoms with E-state index < -0.39 is 5.82 Å². The molecule has 1 aromatic carbocycles. The molecule has 1 atom stereocenters. The van der Waals surface area contributed by atoms with Crippen LogP contribution in [0.3, 0.4) is 0 Å². The van der Waals surface area contributed by atoms with Crippen molar-refractivity contribution in [1.29, 1.82) is 5.26 Å². The molecule has 2 rings (SSSR count). The van der Waals surface area contributed by atoms with Gasteiger partial charge in [-0.05, 0) is 25.1 Å². The van der Waals surface area contributed by atoms with Gasteiger partial charge in [0.2, 0.25) is 0 Å². The third kappa shape index (κ3) is 2.50. The minimum absolute atomic E-state index is 0.0508. The topological polar surface area (TPSA) is 45.0 Å². The van der Waals surface area contributed by atoms with Crippen molar-refractivity contribution in [3.05, 3.63) is 29.6 Å². The Hall–Kier alpha value is -1.60. The average molecular weight is 220 g/mol. The fourth-order valence-electron chi connectivity index (χ4n) is 1.75. The minimum atomic E-state index is -0.524. The first-order chi connectivity index (χ1) is 7.79. The highest BCUT2D eigenvalue weighted by Gasteiger charge is 2.15. The largest absolute Gasteiger partial charge is 0.493 e. The van der Waals surface area contributed by atoms with Crippen LogP contribution in [0, 0.1) is 23.1 Å². The molecule has 1 aliphatic heterocycles. The van der Waals surface area contributed by atoms with E-state index in [2.05, 4.69) is 5.32 Å². The summed E-state index contributed by atoms with van der Waals surface area (Å²) in [6.45, 7) is 2.58. The summed E-state index contributed by atoms with van der Waals surface area (Å²) in [6, 6.07) is 6.11. The van der Waals surface area contributed by atoms with Gasteiger partial charge in [-0.2, -0.15) is 5.26 Å². The van der Waals surface area contributed by atoms with Gasteiger partial charge in [0, 0.05) is 18.5 Å². The number of rotatable bonds is 3. The fourth-order valence-corrected chi connectivity index (χ4v) is 1.75. The summed E-state index contributed by atoms with van der Waals surface area (Å²) in [5.74, 6) is 0.464. The van der Waals surface area contributed by atoms with Gasteiger partial charge < -0.3 is 10.1 Å². The molecule has 1 unspecified atom stereocenters. The number of nitrogens with zero attached hydrogens (tertiary/aromatic N) is 1. The molecule has 4 heteroatoms. The maximum absolute atomic E-state index is 13.2. The second kappa shape index (κ2) is 4.95. The standard InChI is InChI=1S/C12H13FN2O/c13-12-5-11(2-1-10(12)6-14)16-8-9-3-4-15-7-9/h1-2,5,9,15H,3-4,7-8H2. The summed E-state index contributed by atoms with van der Waals surface area (Å²) in [4.78, 5) is 0. The molecule has 0 spiro atoms. The van der Waals surface area contributed by atoms with Crippen molar-refractivity contribution in [2.24, 2.45) is 5.92 Å². The van der Waals surface area contributed by atoms with E-state index in [9.17, 15) is 4.39 Å². The van der Waals surface area contributed by atoms with Gasteiger partial charge in [-0.3, -0.25) is 0 Å². The Morgan fingerprint density at radius 3 is 3.06 bits per heavy atom. The monoisotopic (exact) mass is 220 g/mol. The van der Waals surface area contributed by atoms with Gasteiger partial charge in [-0.25, -0.2) is 4.39 Å². The Morgan fingerprint density at radius 2 is 2.44 bits per heavy atom. The van der Waals surface area contributed by atoms with E-state index in [0.717, 1.165) is 19.5 Å². The molecule has 0 bridgehead atoms. The summed E-state index contributed by atoms with van der Waals surface area (Å²) >= 11 is 0. The highest BCUT2D eigenvalue weighted by Crippen LogP contribution is 2.17. The molecular weight excluding hydrogens is 207 g/mol. The molecule has 1 heterocycles. The zero-order chi connectivity index (χ0) is 11.4. The zero-order valence-corrected chi connectivity index (χ0v) is 8.87. The Kier molecular flexibility index (Phi) is 3.37. The Morgan fingerprint density at radius 1 is 1.56 bits per heavy atom. The van der Waals surface area contributed by atoms with Crippen LogP contribution < -0.4 is 10.1 Å². The third-order valence-corrected chi connectivity index (χ3v) is 2.71. The predicted molar refractivity (Wildman–Crippen MR) is 57.6 cm³/mol. The quantitative estimate of drug-likeness (QED) is 0.843. The van der Waals surface area contributed by atoms with Crippen LogP contribution in [0.15, 0.2) is 18.2 Å². The predicted octanol–water partition coefficient (Wildman–Crippen LogP) is 1.69.